The van der Waals surface area contributed by atoms with Gasteiger partial charge in [-0.1, -0.05) is 12.2 Å². The molecule has 19 heavy (non-hydrogen) atoms. The molecule has 0 radical (unpaired) electrons. The van der Waals surface area contributed by atoms with Crippen LogP contribution in [0.4, 0.5) is 0 Å². The minimum absolute atomic E-state index is 0.302. The third-order valence-corrected chi connectivity index (χ3v) is 5.65. The molecule has 3 aliphatic carbocycles. The Balaban J connectivity index is 1.70. The van der Waals surface area contributed by atoms with Gasteiger partial charge in [-0.25, -0.2) is 4.79 Å². The van der Waals surface area contributed by atoms with Gasteiger partial charge in [-0.2, -0.15) is 0 Å². The Morgan fingerprint density at radius 2 is 2.32 bits per heavy atom. The van der Waals surface area contributed by atoms with Gasteiger partial charge >= 0.3 is 5.97 Å². The van der Waals surface area contributed by atoms with Crippen molar-refractivity contribution in [2.75, 3.05) is 6.61 Å². The molecule has 4 fully saturated rings. The predicted molar refractivity (Wildman–Crippen MR) is 67.0 cm³/mol. The van der Waals surface area contributed by atoms with Crippen molar-refractivity contribution in [3.63, 3.8) is 0 Å². The molecule has 4 atom stereocenters. The van der Waals surface area contributed by atoms with Crippen LogP contribution in [0.1, 0.15) is 32.6 Å². The predicted octanol–water partition coefficient (Wildman–Crippen LogP) is 1.69. The summed E-state index contributed by atoms with van der Waals surface area (Å²) in [5.41, 5.74) is 0.831. The lowest BCUT2D eigenvalue weighted by Gasteiger charge is -2.64. The summed E-state index contributed by atoms with van der Waals surface area (Å²) in [4.78, 5) is 11.6. The van der Waals surface area contributed by atoms with Crippen molar-refractivity contribution in [1.29, 1.82) is 0 Å². The van der Waals surface area contributed by atoms with Crippen LogP contribution in [0.3, 0.4) is 0 Å². The Morgan fingerprint density at radius 3 is 2.95 bits per heavy atom. The van der Waals surface area contributed by atoms with E-state index in [-0.39, 0.29) is 11.4 Å². The van der Waals surface area contributed by atoms with E-state index in [0.717, 1.165) is 19.3 Å². The number of carbonyl (C=O) groups is 1. The van der Waals surface area contributed by atoms with E-state index in [2.05, 4.69) is 6.58 Å². The molecule has 0 aromatic rings. The SMILES string of the molecule is C=C1CC[C@@]2(O)C[C@@H]1[C@@]21CO[C@]2(C=C(C)C(=O)O2)C1. The van der Waals surface area contributed by atoms with Crippen LogP contribution in [0.15, 0.2) is 23.8 Å². The first kappa shape index (κ1) is 11.7. The van der Waals surface area contributed by atoms with Gasteiger partial charge < -0.3 is 14.6 Å². The van der Waals surface area contributed by atoms with Gasteiger partial charge in [0.2, 0.25) is 5.79 Å². The highest BCUT2D eigenvalue weighted by Gasteiger charge is 2.73. The van der Waals surface area contributed by atoms with Crippen LogP contribution in [-0.4, -0.2) is 29.1 Å². The molecule has 5 rings (SSSR count). The molecule has 2 bridgehead atoms. The Kier molecular flexibility index (Phi) is 1.92. The van der Waals surface area contributed by atoms with Gasteiger partial charge in [-0.3, -0.25) is 0 Å². The van der Waals surface area contributed by atoms with Gasteiger partial charge in [0.15, 0.2) is 0 Å². The second kappa shape index (κ2) is 3.13. The molecule has 0 aromatic carbocycles. The molecule has 2 spiro atoms. The number of rotatable bonds is 0. The van der Waals surface area contributed by atoms with Crippen LogP contribution >= 0.6 is 0 Å². The first-order valence-electron chi connectivity index (χ1n) is 6.87. The molecule has 4 heteroatoms. The van der Waals surface area contributed by atoms with Gasteiger partial charge in [0, 0.05) is 17.4 Å². The van der Waals surface area contributed by atoms with E-state index >= 15 is 0 Å². The zero-order valence-electron chi connectivity index (χ0n) is 11.1. The summed E-state index contributed by atoms with van der Waals surface area (Å²) in [6.07, 6.45) is 4.75. The van der Waals surface area contributed by atoms with Gasteiger partial charge in [-0.15, -0.1) is 0 Å². The van der Waals surface area contributed by atoms with Crippen molar-refractivity contribution in [3.8, 4) is 0 Å². The van der Waals surface area contributed by atoms with Crippen LogP contribution < -0.4 is 0 Å². The lowest BCUT2D eigenvalue weighted by molar-refractivity contribution is -0.219. The Labute approximate surface area is 112 Å². The molecule has 2 heterocycles. The van der Waals surface area contributed by atoms with Gasteiger partial charge in [0.1, 0.15) is 0 Å². The molecule has 0 unspecified atom stereocenters. The number of fused-ring (bicyclic) bond motifs is 2. The Morgan fingerprint density at radius 1 is 1.53 bits per heavy atom. The van der Waals surface area contributed by atoms with E-state index < -0.39 is 11.4 Å². The summed E-state index contributed by atoms with van der Waals surface area (Å²) in [5.74, 6) is -0.947. The summed E-state index contributed by atoms with van der Waals surface area (Å²) in [5, 5.41) is 10.8. The van der Waals surface area contributed by atoms with Crippen LogP contribution in [0.5, 0.6) is 0 Å². The van der Waals surface area contributed by atoms with E-state index in [0.29, 0.717) is 24.5 Å². The molecule has 0 aromatic heterocycles. The Hall–Kier alpha value is -1.13. The zero-order valence-corrected chi connectivity index (χ0v) is 11.1. The zero-order chi connectivity index (χ0) is 13.5. The molecular weight excluding hydrogens is 244 g/mol. The maximum atomic E-state index is 11.6. The van der Waals surface area contributed by atoms with Crippen molar-refractivity contribution in [3.05, 3.63) is 23.8 Å². The quantitative estimate of drug-likeness (QED) is 0.533. The van der Waals surface area contributed by atoms with E-state index in [4.69, 9.17) is 9.47 Å². The molecule has 3 saturated carbocycles. The maximum Gasteiger partial charge on any atom is 0.336 e. The largest absolute Gasteiger partial charge is 0.426 e. The number of allylic oxidation sites excluding steroid dienone is 1. The van der Waals surface area contributed by atoms with Gasteiger partial charge in [0.05, 0.1) is 12.2 Å². The van der Waals surface area contributed by atoms with Crippen LogP contribution in [0.25, 0.3) is 0 Å². The molecule has 0 amide bonds. The highest BCUT2D eigenvalue weighted by Crippen LogP contribution is 2.69. The number of esters is 1. The molecule has 1 N–H and O–H groups in total. The highest BCUT2D eigenvalue weighted by molar-refractivity contribution is 5.90. The van der Waals surface area contributed by atoms with Crippen molar-refractivity contribution < 1.29 is 19.4 Å². The number of hydrogen-bond donors (Lipinski definition) is 1. The monoisotopic (exact) mass is 262 g/mol. The fourth-order valence-corrected chi connectivity index (χ4v) is 4.49. The smallest absolute Gasteiger partial charge is 0.336 e. The van der Waals surface area contributed by atoms with Gasteiger partial charge in [0.25, 0.3) is 0 Å². The third-order valence-electron chi connectivity index (χ3n) is 5.65. The first-order chi connectivity index (χ1) is 8.90. The third kappa shape index (κ3) is 1.20. The second-order valence-electron chi connectivity index (χ2n) is 6.60. The van der Waals surface area contributed by atoms with Crippen molar-refractivity contribution in [1.82, 2.24) is 0 Å². The number of hydrogen-bond acceptors (Lipinski definition) is 4. The maximum absolute atomic E-state index is 11.6. The minimum atomic E-state index is -0.939. The molecule has 4 nitrogen and oxygen atoms in total. The fourth-order valence-electron chi connectivity index (χ4n) is 4.49. The summed E-state index contributed by atoms with van der Waals surface area (Å²) >= 11 is 0. The topological polar surface area (TPSA) is 55.8 Å². The molecule has 5 aliphatic rings. The summed E-state index contributed by atoms with van der Waals surface area (Å²) in [7, 11) is 0. The molecule has 1 saturated heterocycles. The lowest BCUT2D eigenvalue weighted by Crippen LogP contribution is -2.67. The van der Waals surface area contributed by atoms with Crippen molar-refractivity contribution >= 4 is 5.97 Å². The number of ether oxygens (including phenoxy) is 2. The normalized spacial score (nSPS) is 51.5. The average molecular weight is 262 g/mol. The summed E-state index contributed by atoms with van der Waals surface area (Å²) < 4.78 is 11.2. The minimum Gasteiger partial charge on any atom is -0.426 e. The molecule has 2 aliphatic heterocycles. The molecule has 102 valence electrons. The fraction of sp³-hybridized carbons (Fsp3) is 0.667. The van der Waals surface area contributed by atoms with E-state index in [1.165, 1.54) is 5.57 Å². The highest BCUT2D eigenvalue weighted by atomic mass is 16.7. The average Bonchev–Trinajstić information content (AvgIpc) is 2.86. The van der Waals surface area contributed by atoms with Gasteiger partial charge in [-0.05, 0) is 38.2 Å². The van der Waals surface area contributed by atoms with Crippen molar-refractivity contribution in [2.24, 2.45) is 11.3 Å². The first-order valence-corrected chi connectivity index (χ1v) is 6.87. The Bertz CT molecular complexity index is 532. The van der Waals surface area contributed by atoms with E-state index in [1.54, 1.807) is 13.0 Å². The van der Waals surface area contributed by atoms with E-state index in [1.807, 2.05) is 0 Å². The standard InChI is InChI=1S/C15H18O4/c1-9-3-4-14(17)6-11(9)13(14)7-15(18-8-13)5-10(2)12(16)19-15/h5,11,17H,1,3-4,6-8H2,2H3/t11-,13+,14+,15-/m0/s1. The van der Waals surface area contributed by atoms with Crippen LogP contribution in [0.2, 0.25) is 0 Å². The van der Waals surface area contributed by atoms with Crippen LogP contribution in [-0.2, 0) is 14.3 Å². The number of aliphatic hydroxyl groups is 1. The lowest BCUT2D eigenvalue weighted by atomic mass is 9.42. The number of carbonyl (C=O) groups excluding carboxylic acids is 1. The summed E-state index contributed by atoms with van der Waals surface area (Å²) in [6.45, 7) is 6.32. The van der Waals surface area contributed by atoms with E-state index in [9.17, 15) is 9.90 Å². The molecular formula is C15H18O4. The van der Waals surface area contributed by atoms with Crippen LogP contribution in [0, 0.1) is 11.3 Å². The summed E-state index contributed by atoms with van der Waals surface area (Å²) in [6, 6.07) is 0. The van der Waals surface area contributed by atoms with Crippen molar-refractivity contribution in [2.45, 2.75) is 44.0 Å². The second-order valence-corrected chi connectivity index (χ2v) is 6.60.